The van der Waals surface area contributed by atoms with Gasteiger partial charge in [-0.3, -0.25) is 19.8 Å². The topological polar surface area (TPSA) is 121 Å². The number of carboxylic acids is 1. The van der Waals surface area contributed by atoms with Crippen LogP contribution >= 0.6 is 11.3 Å². The summed E-state index contributed by atoms with van der Waals surface area (Å²) >= 11 is 1.40. The molecule has 2 fully saturated rings. The van der Waals surface area contributed by atoms with Crippen molar-refractivity contribution in [2.24, 2.45) is 11.3 Å². The van der Waals surface area contributed by atoms with Crippen molar-refractivity contribution in [3.8, 4) is 17.0 Å². The van der Waals surface area contributed by atoms with Crippen LogP contribution in [0.2, 0.25) is 0 Å². The smallest absolute Gasteiger partial charge is 0.306 e. The molecule has 2 aliphatic heterocycles. The minimum atomic E-state index is -0.768. The number of amides is 1. The zero-order valence-corrected chi connectivity index (χ0v) is 25.0. The fourth-order valence-electron chi connectivity index (χ4n) is 5.73. The summed E-state index contributed by atoms with van der Waals surface area (Å²) < 4.78 is 19.1. The molecule has 2 aromatic heterocycles. The van der Waals surface area contributed by atoms with Gasteiger partial charge in [0, 0.05) is 36.6 Å². The zero-order chi connectivity index (χ0) is 29.9. The van der Waals surface area contributed by atoms with E-state index >= 15 is 0 Å². The van der Waals surface area contributed by atoms with Gasteiger partial charge in [0.2, 0.25) is 0 Å². The van der Waals surface area contributed by atoms with Gasteiger partial charge in [-0.1, -0.05) is 25.2 Å². The van der Waals surface area contributed by atoms with Crippen molar-refractivity contribution < 1.29 is 23.8 Å². The molecule has 0 spiro atoms. The third-order valence-electron chi connectivity index (χ3n) is 7.93. The number of hydrogen-bond donors (Lipinski definition) is 2. The maximum absolute atomic E-state index is 13.7. The molecular weight excluding hydrogens is 559 g/mol. The van der Waals surface area contributed by atoms with Crippen molar-refractivity contribution in [1.82, 2.24) is 19.9 Å². The number of benzene rings is 1. The molecule has 4 heterocycles. The van der Waals surface area contributed by atoms with Crippen molar-refractivity contribution >= 4 is 34.2 Å². The van der Waals surface area contributed by atoms with Crippen molar-refractivity contribution in [2.45, 2.75) is 52.8 Å². The van der Waals surface area contributed by atoms with Gasteiger partial charge in [0.15, 0.2) is 5.13 Å². The highest BCUT2D eigenvalue weighted by Crippen LogP contribution is 2.37. The van der Waals surface area contributed by atoms with Crippen molar-refractivity contribution in [3.63, 3.8) is 0 Å². The fourth-order valence-corrected chi connectivity index (χ4v) is 6.75. The summed E-state index contributed by atoms with van der Waals surface area (Å²) in [6.45, 7) is 7.68. The van der Waals surface area contributed by atoms with Crippen molar-refractivity contribution in [2.75, 3.05) is 43.5 Å². The lowest BCUT2D eigenvalue weighted by Crippen LogP contribution is -2.39. The van der Waals surface area contributed by atoms with Crippen LogP contribution in [0.25, 0.3) is 11.3 Å². The molecule has 1 amide bonds. The summed E-state index contributed by atoms with van der Waals surface area (Å²) in [5, 5.41) is 12.5. The second kappa shape index (κ2) is 12.7. The summed E-state index contributed by atoms with van der Waals surface area (Å²) in [6.07, 6.45) is 6.35. The Kier molecular flexibility index (Phi) is 9.02. The summed E-state index contributed by atoms with van der Waals surface area (Å²) in [5.41, 5.74) is 2.29. The van der Waals surface area contributed by atoms with Crippen LogP contribution in [0.1, 0.15) is 60.5 Å². The van der Waals surface area contributed by atoms with Crippen LogP contribution < -0.4 is 15.0 Å². The van der Waals surface area contributed by atoms with Gasteiger partial charge in [-0.05, 0) is 61.4 Å². The number of halogens is 1. The van der Waals surface area contributed by atoms with E-state index in [1.165, 1.54) is 24.0 Å². The predicted octanol–water partition coefficient (Wildman–Crippen LogP) is 5.25. The lowest BCUT2D eigenvalue weighted by molar-refractivity contribution is -0.142. The Bertz CT molecular complexity index is 1400. The monoisotopic (exact) mass is 596 g/mol. The lowest BCUT2D eigenvalue weighted by Gasteiger charge is -2.37. The number of thiazole rings is 1. The molecule has 0 bridgehead atoms. The van der Waals surface area contributed by atoms with Gasteiger partial charge in [-0.25, -0.2) is 19.3 Å². The molecule has 5 rings (SSSR count). The Labute approximate surface area is 249 Å². The number of anilines is 2. The van der Waals surface area contributed by atoms with E-state index in [9.17, 15) is 19.1 Å². The average molecular weight is 597 g/mol. The van der Waals surface area contributed by atoms with E-state index in [0.717, 1.165) is 30.0 Å². The van der Waals surface area contributed by atoms with E-state index < -0.39 is 18.6 Å². The van der Waals surface area contributed by atoms with E-state index in [1.54, 1.807) is 25.4 Å². The number of aromatic nitrogens is 3. The predicted molar refractivity (Wildman–Crippen MR) is 160 cm³/mol. The van der Waals surface area contributed by atoms with Crippen LogP contribution in [0.15, 0.2) is 30.6 Å². The number of likely N-dealkylation sites (tertiary alicyclic amines) is 1. The SMILES string of the molecule is COc1cc(CF)cc(-c2nc(NC(=O)c3cnc(N4CCC(C(=O)O)CC4)cn3)sc2CN2CCCC(C)(C)C2)c1. The molecule has 3 aromatic rings. The standard InChI is InChI=1S/C30H37FN6O4S/c1-30(2)7-4-8-36(18-30)17-24-26(21-11-19(14-31)12-22(13-21)41-3)34-29(42-24)35-27(38)23-15-33-25(16-32-23)37-9-5-20(6-10-37)28(39)40/h11-13,15-16,20H,4-10,14,17-18H2,1-3H3,(H,39,40)(H,34,35,38). The number of methoxy groups -OCH3 is 1. The minimum absolute atomic E-state index is 0.149. The summed E-state index contributed by atoms with van der Waals surface area (Å²) in [4.78, 5) is 43.3. The highest BCUT2D eigenvalue weighted by Gasteiger charge is 2.28. The second-order valence-electron chi connectivity index (χ2n) is 11.8. The number of nitrogens with zero attached hydrogens (tertiary/aromatic N) is 5. The first-order valence-electron chi connectivity index (χ1n) is 14.2. The number of piperidine rings is 2. The number of hydrogen-bond acceptors (Lipinski definition) is 9. The first-order chi connectivity index (χ1) is 20.1. The van der Waals surface area contributed by atoms with Crippen molar-refractivity contribution in [3.05, 3.63) is 46.7 Å². The molecule has 224 valence electrons. The zero-order valence-electron chi connectivity index (χ0n) is 24.2. The van der Waals surface area contributed by atoms with E-state index in [1.807, 2.05) is 11.0 Å². The van der Waals surface area contributed by atoms with Crippen LogP contribution in [-0.2, 0) is 18.0 Å². The van der Waals surface area contributed by atoms with E-state index in [2.05, 4.69) is 34.0 Å². The Morgan fingerprint density at radius 3 is 2.60 bits per heavy atom. The third kappa shape index (κ3) is 7.04. The Morgan fingerprint density at radius 1 is 1.17 bits per heavy atom. The molecule has 0 saturated carbocycles. The van der Waals surface area contributed by atoms with E-state index in [0.29, 0.717) is 60.4 Å². The van der Waals surface area contributed by atoms with E-state index in [4.69, 9.17) is 9.72 Å². The molecule has 2 aliphatic rings. The van der Waals surface area contributed by atoms with Gasteiger partial charge in [0.05, 0.1) is 31.1 Å². The Hall–Kier alpha value is -3.64. The van der Waals surface area contributed by atoms with Gasteiger partial charge in [0.1, 0.15) is 23.9 Å². The number of carbonyl (C=O) groups excluding carboxylic acids is 1. The number of aliphatic carboxylic acids is 1. The Morgan fingerprint density at radius 2 is 1.95 bits per heavy atom. The molecule has 12 heteroatoms. The first kappa shape index (κ1) is 29.8. The quantitative estimate of drug-likeness (QED) is 0.341. The third-order valence-corrected chi connectivity index (χ3v) is 8.89. The van der Waals surface area contributed by atoms with E-state index in [-0.39, 0.29) is 17.0 Å². The lowest BCUT2D eigenvalue weighted by atomic mass is 9.84. The molecular formula is C30H37FN6O4S. The Balaban J connectivity index is 1.35. The summed E-state index contributed by atoms with van der Waals surface area (Å²) in [5.74, 6) is -0.379. The van der Waals surface area contributed by atoms with Crippen molar-refractivity contribution in [1.29, 1.82) is 0 Å². The number of rotatable bonds is 9. The van der Waals surface area contributed by atoms with Crippen LogP contribution in [0, 0.1) is 11.3 Å². The maximum Gasteiger partial charge on any atom is 0.306 e. The maximum atomic E-state index is 13.7. The molecule has 0 atom stereocenters. The molecule has 0 aliphatic carbocycles. The molecule has 0 unspecified atom stereocenters. The summed E-state index contributed by atoms with van der Waals surface area (Å²) in [6, 6.07) is 5.28. The number of nitrogens with one attached hydrogen (secondary N) is 1. The molecule has 1 aromatic carbocycles. The number of ether oxygens (including phenoxy) is 1. The number of carboxylic acid groups (broad SMARTS) is 1. The molecule has 10 nitrogen and oxygen atoms in total. The average Bonchev–Trinajstić information content (AvgIpc) is 3.38. The molecule has 0 radical (unpaired) electrons. The largest absolute Gasteiger partial charge is 0.497 e. The molecule has 2 saturated heterocycles. The minimum Gasteiger partial charge on any atom is -0.497 e. The van der Waals surface area contributed by atoms with Crippen LogP contribution in [0.4, 0.5) is 15.3 Å². The fraction of sp³-hybridized carbons (Fsp3) is 0.500. The van der Waals surface area contributed by atoms with Gasteiger partial charge in [-0.15, -0.1) is 0 Å². The highest BCUT2D eigenvalue weighted by atomic mass is 32.1. The summed E-state index contributed by atoms with van der Waals surface area (Å²) in [7, 11) is 1.55. The first-order valence-corrected chi connectivity index (χ1v) is 15.0. The number of alkyl halides is 1. The van der Waals surface area contributed by atoms with Gasteiger partial charge < -0.3 is 14.7 Å². The normalized spacial score (nSPS) is 17.7. The number of carbonyl (C=O) groups is 2. The van der Waals surface area contributed by atoms with Gasteiger partial charge >= 0.3 is 5.97 Å². The highest BCUT2D eigenvalue weighted by molar-refractivity contribution is 7.16. The van der Waals surface area contributed by atoms with Gasteiger partial charge in [-0.2, -0.15) is 0 Å². The van der Waals surface area contributed by atoms with Gasteiger partial charge in [0.25, 0.3) is 5.91 Å². The van der Waals surface area contributed by atoms with Crippen LogP contribution in [0.3, 0.4) is 0 Å². The molecule has 2 N–H and O–H groups in total. The van der Waals surface area contributed by atoms with Crippen LogP contribution in [-0.4, -0.2) is 70.1 Å². The second-order valence-corrected chi connectivity index (χ2v) is 12.9. The van der Waals surface area contributed by atoms with Crippen LogP contribution in [0.5, 0.6) is 5.75 Å². The molecule has 42 heavy (non-hydrogen) atoms.